The topological polar surface area (TPSA) is 81.1 Å². The molecule has 1 aromatic carbocycles. The van der Waals surface area contributed by atoms with Crippen LogP contribution in [0.4, 0.5) is 5.69 Å². The molecule has 19 heavy (non-hydrogen) atoms. The molecule has 0 saturated carbocycles. The van der Waals surface area contributed by atoms with Gasteiger partial charge in [-0.1, -0.05) is 18.5 Å². The number of aromatic nitrogens is 2. The van der Waals surface area contributed by atoms with E-state index in [0.717, 1.165) is 6.42 Å². The second-order valence-corrected chi connectivity index (χ2v) is 4.92. The number of hydrogen-bond donors (Lipinski definition) is 2. The molecule has 0 amide bonds. The summed E-state index contributed by atoms with van der Waals surface area (Å²) in [4.78, 5) is 16.8. The van der Waals surface area contributed by atoms with Gasteiger partial charge in [-0.2, -0.15) is 0 Å². The number of anilines is 1. The van der Waals surface area contributed by atoms with Crippen molar-refractivity contribution in [3.05, 3.63) is 26.8 Å². The van der Waals surface area contributed by atoms with Gasteiger partial charge in [-0.3, -0.25) is 9.36 Å². The van der Waals surface area contributed by atoms with Crippen LogP contribution in [0.5, 0.6) is 5.75 Å². The van der Waals surface area contributed by atoms with Crippen molar-refractivity contribution < 1.29 is 5.11 Å². The second-order valence-electron chi connectivity index (χ2n) is 4.54. The minimum absolute atomic E-state index is 0.0459. The van der Waals surface area contributed by atoms with E-state index >= 15 is 0 Å². The molecule has 0 aliphatic heterocycles. The number of phenols is 1. The molecular formula is C13H16ClN3O2. The van der Waals surface area contributed by atoms with Gasteiger partial charge in [0.05, 0.1) is 11.1 Å². The van der Waals surface area contributed by atoms with Crippen LogP contribution in [0.25, 0.3) is 10.9 Å². The molecule has 0 aliphatic carbocycles. The average molecular weight is 282 g/mol. The molecule has 2 rings (SSSR count). The number of rotatable bonds is 2. The SMILES string of the molecule is CCCn1c(C)nc2c(O)c(Cl)c(N)c(C)c2c1=O. The zero-order valence-corrected chi connectivity index (χ0v) is 11.9. The van der Waals surface area contributed by atoms with E-state index in [2.05, 4.69) is 4.98 Å². The summed E-state index contributed by atoms with van der Waals surface area (Å²) in [7, 11) is 0. The van der Waals surface area contributed by atoms with Crippen molar-refractivity contribution in [2.24, 2.45) is 0 Å². The van der Waals surface area contributed by atoms with Gasteiger partial charge in [-0.15, -0.1) is 0 Å². The van der Waals surface area contributed by atoms with E-state index in [1.54, 1.807) is 18.4 Å². The summed E-state index contributed by atoms with van der Waals surface area (Å²) in [5.74, 6) is 0.318. The molecule has 1 aromatic heterocycles. The third-order valence-electron chi connectivity index (χ3n) is 3.25. The van der Waals surface area contributed by atoms with E-state index in [9.17, 15) is 9.90 Å². The highest BCUT2D eigenvalue weighted by Crippen LogP contribution is 2.38. The Morgan fingerprint density at radius 3 is 2.63 bits per heavy atom. The van der Waals surface area contributed by atoms with Crippen molar-refractivity contribution in [2.75, 3.05) is 5.73 Å². The number of fused-ring (bicyclic) bond motifs is 1. The molecule has 0 spiro atoms. The highest BCUT2D eigenvalue weighted by atomic mass is 35.5. The lowest BCUT2D eigenvalue weighted by molar-refractivity contribution is 0.480. The van der Waals surface area contributed by atoms with Crippen LogP contribution in [0.1, 0.15) is 24.7 Å². The molecule has 6 heteroatoms. The molecule has 0 fully saturated rings. The molecule has 0 bridgehead atoms. The highest BCUT2D eigenvalue weighted by molar-refractivity contribution is 6.36. The summed E-state index contributed by atoms with van der Waals surface area (Å²) in [6.45, 7) is 6.00. The smallest absolute Gasteiger partial charge is 0.261 e. The fourth-order valence-corrected chi connectivity index (χ4v) is 2.42. The van der Waals surface area contributed by atoms with Crippen molar-refractivity contribution in [3.63, 3.8) is 0 Å². The Balaban J connectivity index is 3.02. The third-order valence-corrected chi connectivity index (χ3v) is 3.64. The Labute approximate surface area is 115 Å². The van der Waals surface area contributed by atoms with Crippen molar-refractivity contribution in [1.29, 1.82) is 0 Å². The number of phenolic OH excluding ortho intramolecular Hbond substituents is 1. The van der Waals surface area contributed by atoms with Crippen LogP contribution in [0, 0.1) is 13.8 Å². The maximum atomic E-state index is 12.5. The number of nitrogens with zero attached hydrogens (tertiary/aromatic N) is 2. The number of hydrogen-bond acceptors (Lipinski definition) is 4. The van der Waals surface area contributed by atoms with Gasteiger partial charge >= 0.3 is 0 Å². The van der Waals surface area contributed by atoms with E-state index < -0.39 is 0 Å². The maximum absolute atomic E-state index is 12.5. The number of aryl methyl sites for hydroxylation is 2. The summed E-state index contributed by atoms with van der Waals surface area (Å²) in [6, 6.07) is 0. The van der Waals surface area contributed by atoms with Crippen molar-refractivity contribution >= 4 is 28.2 Å². The minimum atomic E-state index is -0.233. The molecule has 5 nitrogen and oxygen atoms in total. The number of halogens is 1. The predicted octanol–water partition coefficient (Wildman–Crippen LogP) is 2.36. The average Bonchev–Trinajstić information content (AvgIpc) is 2.38. The van der Waals surface area contributed by atoms with Gasteiger partial charge in [0, 0.05) is 6.54 Å². The van der Waals surface area contributed by atoms with Crippen LogP contribution in [0.3, 0.4) is 0 Å². The number of benzene rings is 1. The predicted molar refractivity (Wildman–Crippen MR) is 76.9 cm³/mol. The van der Waals surface area contributed by atoms with Crippen LogP contribution in [-0.2, 0) is 6.54 Å². The fraction of sp³-hybridized carbons (Fsp3) is 0.385. The van der Waals surface area contributed by atoms with E-state index in [1.165, 1.54) is 0 Å². The van der Waals surface area contributed by atoms with Gasteiger partial charge in [-0.05, 0) is 25.8 Å². The van der Waals surface area contributed by atoms with E-state index in [-0.39, 0.29) is 27.5 Å². The molecule has 0 atom stereocenters. The van der Waals surface area contributed by atoms with Crippen LogP contribution in [0.2, 0.25) is 5.02 Å². The molecule has 1 heterocycles. The van der Waals surface area contributed by atoms with E-state index in [4.69, 9.17) is 17.3 Å². The van der Waals surface area contributed by atoms with Crippen molar-refractivity contribution in [1.82, 2.24) is 9.55 Å². The molecule has 3 N–H and O–H groups in total. The zero-order chi connectivity index (χ0) is 14.3. The quantitative estimate of drug-likeness (QED) is 0.828. The van der Waals surface area contributed by atoms with Gasteiger partial charge in [0.15, 0.2) is 5.75 Å². The van der Waals surface area contributed by atoms with Crippen LogP contribution < -0.4 is 11.3 Å². The maximum Gasteiger partial charge on any atom is 0.261 e. The first-order valence-electron chi connectivity index (χ1n) is 6.07. The van der Waals surface area contributed by atoms with Gasteiger partial charge in [0.2, 0.25) is 0 Å². The molecule has 0 aliphatic rings. The standard InChI is InChI=1S/C13H16ClN3O2/c1-4-5-17-7(3)16-11-8(13(17)19)6(2)10(15)9(14)12(11)18/h18H,4-5,15H2,1-3H3. The Bertz CT molecular complexity index is 722. The normalized spacial score (nSPS) is 11.2. The molecule has 2 aromatic rings. The molecule has 0 unspecified atom stereocenters. The Hall–Kier alpha value is -1.75. The van der Waals surface area contributed by atoms with Gasteiger partial charge < -0.3 is 10.8 Å². The Morgan fingerprint density at radius 2 is 2.05 bits per heavy atom. The molecule has 102 valence electrons. The first kappa shape index (κ1) is 13.7. The number of nitrogens with two attached hydrogens (primary N) is 1. The van der Waals surface area contributed by atoms with Crippen molar-refractivity contribution in [3.8, 4) is 5.75 Å². The Morgan fingerprint density at radius 1 is 1.42 bits per heavy atom. The lowest BCUT2D eigenvalue weighted by Gasteiger charge is -2.14. The molecular weight excluding hydrogens is 266 g/mol. The molecule has 0 saturated heterocycles. The van der Waals surface area contributed by atoms with Crippen LogP contribution >= 0.6 is 11.6 Å². The number of nitrogen functional groups attached to an aromatic ring is 1. The Kier molecular flexibility index (Phi) is 3.41. The fourth-order valence-electron chi connectivity index (χ4n) is 2.19. The summed E-state index contributed by atoms with van der Waals surface area (Å²) in [5.41, 5.74) is 6.61. The van der Waals surface area contributed by atoms with Crippen LogP contribution in [-0.4, -0.2) is 14.7 Å². The number of aromatic hydroxyl groups is 1. The largest absolute Gasteiger partial charge is 0.504 e. The summed E-state index contributed by atoms with van der Waals surface area (Å²) in [6.07, 6.45) is 0.821. The lowest BCUT2D eigenvalue weighted by Crippen LogP contribution is -2.24. The van der Waals surface area contributed by atoms with Gasteiger partial charge in [-0.25, -0.2) is 4.98 Å². The highest BCUT2D eigenvalue weighted by Gasteiger charge is 2.19. The first-order valence-corrected chi connectivity index (χ1v) is 6.45. The summed E-state index contributed by atoms with van der Waals surface area (Å²) >= 11 is 5.94. The first-order chi connectivity index (χ1) is 8.90. The monoisotopic (exact) mass is 281 g/mol. The second kappa shape index (κ2) is 4.74. The van der Waals surface area contributed by atoms with Crippen molar-refractivity contribution in [2.45, 2.75) is 33.7 Å². The van der Waals surface area contributed by atoms with Crippen LogP contribution in [0.15, 0.2) is 4.79 Å². The van der Waals surface area contributed by atoms with Gasteiger partial charge in [0.1, 0.15) is 16.4 Å². The molecule has 0 radical (unpaired) electrons. The van der Waals surface area contributed by atoms with E-state index in [1.807, 2.05) is 6.92 Å². The summed E-state index contributed by atoms with van der Waals surface area (Å²) in [5, 5.41) is 10.4. The zero-order valence-electron chi connectivity index (χ0n) is 11.1. The summed E-state index contributed by atoms with van der Waals surface area (Å²) < 4.78 is 1.59. The van der Waals surface area contributed by atoms with Gasteiger partial charge in [0.25, 0.3) is 5.56 Å². The minimum Gasteiger partial charge on any atom is -0.504 e. The van der Waals surface area contributed by atoms with E-state index in [0.29, 0.717) is 23.3 Å². The third kappa shape index (κ3) is 1.94. The lowest BCUT2D eigenvalue weighted by atomic mass is 10.1.